The molecule has 2 N–H and O–H groups in total. The van der Waals surface area contributed by atoms with Crippen molar-refractivity contribution in [2.24, 2.45) is 12.8 Å². The lowest BCUT2D eigenvalue weighted by Gasteiger charge is -2.13. The lowest BCUT2D eigenvalue weighted by Crippen LogP contribution is -2.14. The fraction of sp³-hybridized carbons (Fsp3) is 0.357. The first-order valence-corrected chi connectivity index (χ1v) is 7.32. The van der Waals surface area contributed by atoms with Gasteiger partial charge in [-0.1, -0.05) is 12.1 Å². The number of aryl methyl sites for hydroxylation is 2. The number of rotatable bonds is 4. The molecule has 0 spiro atoms. The van der Waals surface area contributed by atoms with Gasteiger partial charge in [0.2, 0.25) is 0 Å². The zero-order chi connectivity index (χ0) is 15.6. The molecule has 114 valence electrons. The molecule has 0 aliphatic heterocycles. The van der Waals surface area contributed by atoms with Gasteiger partial charge in [0.1, 0.15) is 0 Å². The van der Waals surface area contributed by atoms with E-state index in [9.17, 15) is 13.2 Å². The average Bonchev–Trinajstić information content (AvgIpc) is 2.73. The van der Waals surface area contributed by atoms with Crippen LogP contribution in [-0.4, -0.2) is 15.5 Å². The van der Waals surface area contributed by atoms with Crippen LogP contribution in [0.5, 0.6) is 0 Å². The minimum absolute atomic E-state index is 0.326. The molecule has 2 rings (SSSR count). The average molecular weight is 315 g/mol. The van der Waals surface area contributed by atoms with Gasteiger partial charge in [0, 0.05) is 18.8 Å². The van der Waals surface area contributed by atoms with E-state index in [0.29, 0.717) is 11.3 Å². The summed E-state index contributed by atoms with van der Waals surface area (Å²) in [6.07, 6.45) is -4.32. The zero-order valence-electron chi connectivity index (χ0n) is 11.7. The fourth-order valence-corrected chi connectivity index (χ4v) is 2.94. The van der Waals surface area contributed by atoms with E-state index < -0.39 is 11.7 Å². The van der Waals surface area contributed by atoms with E-state index in [-0.39, 0.29) is 6.04 Å². The number of hydrogen-bond donors (Lipinski definition) is 1. The van der Waals surface area contributed by atoms with Gasteiger partial charge in [0.25, 0.3) is 0 Å². The first kappa shape index (κ1) is 15.9. The molecule has 2 aromatic rings. The topological polar surface area (TPSA) is 43.8 Å². The highest BCUT2D eigenvalue weighted by molar-refractivity contribution is 7.99. The second-order valence-corrected chi connectivity index (χ2v) is 5.83. The number of alkyl halides is 3. The Bertz CT molecular complexity index is 605. The quantitative estimate of drug-likeness (QED) is 0.878. The maximum Gasteiger partial charge on any atom is 0.416 e. The predicted octanol–water partition coefficient (Wildman–Crippen LogP) is 3.54. The maximum atomic E-state index is 12.5. The van der Waals surface area contributed by atoms with Crippen molar-refractivity contribution < 1.29 is 13.2 Å². The smallest absolute Gasteiger partial charge is 0.323 e. The van der Waals surface area contributed by atoms with E-state index in [1.807, 2.05) is 20.0 Å². The highest BCUT2D eigenvalue weighted by Crippen LogP contribution is 2.30. The molecule has 1 aromatic carbocycles. The van der Waals surface area contributed by atoms with Crippen LogP contribution >= 0.6 is 11.8 Å². The van der Waals surface area contributed by atoms with Crippen molar-refractivity contribution in [2.45, 2.75) is 24.2 Å². The maximum absolute atomic E-state index is 12.5. The summed E-state index contributed by atoms with van der Waals surface area (Å²) in [7, 11) is 1.85. The third-order valence-electron chi connectivity index (χ3n) is 3.04. The molecule has 0 bridgehead atoms. The molecular formula is C14H16F3N3S. The SMILES string of the molecule is Cc1cc(SCC(N)c2ccc(C(F)(F)F)cc2)n(C)n1. The van der Waals surface area contributed by atoms with E-state index in [1.165, 1.54) is 23.9 Å². The fourth-order valence-electron chi connectivity index (χ4n) is 1.91. The first-order valence-electron chi connectivity index (χ1n) is 6.33. The Kier molecular flexibility index (Phi) is 4.63. The van der Waals surface area contributed by atoms with Crippen LogP contribution < -0.4 is 5.73 Å². The second-order valence-electron chi connectivity index (χ2n) is 4.78. The Morgan fingerprint density at radius 2 is 1.90 bits per heavy atom. The van der Waals surface area contributed by atoms with E-state index in [1.54, 1.807) is 4.68 Å². The minimum Gasteiger partial charge on any atom is -0.323 e. The third kappa shape index (κ3) is 4.01. The molecule has 3 nitrogen and oxygen atoms in total. The van der Waals surface area contributed by atoms with Crippen LogP contribution in [-0.2, 0) is 13.2 Å². The monoisotopic (exact) mass is 315 g/mol. The summed E-state index contributed by atoms with van der Waals surface area (Å²) in [6.45, 7) is 1.90. The highest BCUT2D eigenvalue weighted by Gasteiger charge is 2.30. The molecule has 0 aliphatic carbocycles. The zero-order valence-corrected chi connectivity index (χ0v) is 12.5. The number of hydrogen-bond acceptors (Lipinski definition) is 3. The molecule has 1 unspecified atom stereocenters. The number of thioether (sulfide) groups is 1. The molecular weight excluding hydrogens is 299 g/mol. The van der Waals surface area contributed by atoms with E-state index in [4.69, 9.17) is 5.73 Å². The molecule has 7 heteroatoms. The normalized spacial score (nSPS) is 13.4. The molecule has 0 aliphatic rings. The molecule has 0 amide bonds. The first-order chi connectivity index (χ1) is 9.77. The number of aromatic nitrogens is 2. The van der Waals surface area contributed by atoms with E-state index in [0.717, 1.165) is 22.9 Å². The summed E-state index contributed by atoms with van der Waals surface area (Å²) in [6, 6.07) is 6.62. The second kappa shape index (κ2) is 6.11. The number of halogens is 3. The van der Waals surface area contributed by atoms with Gasteiger partial charge in [-0.15, -0.1) is 11.8 Å². The summed E-state index contributed by atoms with van der Waals surface area (Å²) < 4.78 is 39.2. The van der Waals surface area contributed by atoms with Crippen molar-refractivity contribution in [1.29, 1.82) is 0 Å². The Morgan fingerprint density at radius 3 is 2.38 bits per heavy atom. The Morgan fingerprint density at radius 1 is 1.29 bits per heavy atom. The number of benzene rings is 1. The van der Waals surface area contributed by atoms with Crippen molar-refractivity contribution in [1.82, 2.24) is 9.78 Å². The summed E-state index contributed by atoms with van der Waals surface area (Å²) in [5.41, 5.74) is 6.98. The molecule has 21 heavy (non-hydrogen) atoms. The summed E-state index contributed by atoms with van der Waals surface area (Å²) in [5.74, 6) is 0.574. The molecule has 0 saturated carbocycles. The Balaban J connectivity index is 2.00. The van der Waals surface area contributed by atoms with Crippen LogP contribution in [0.25, 0.3) is 0 Å². The molecule has 0 fully saturated rings. The standard InChI is InChI=1S/C14H16F3N3S/c1-9-7-13(20(2)19-9)21-8-12(18)10-3-5-11(6-4-10)14(15,16)17/h3-7,12H,8,18H2,1-2H3. The van der Waals surface area contributed by atoms with Gasteiger partial charge >= 0.3 is 6.18 Å². The van der Waals surface area contributed by atoms with Gasteiger partial charge in [-0.25, -0.2) is 0 Å². The molecule has 0 radical (unpaired) electrons. The van der Waals surface area contributed by atoms with Crippen LogP contribution in [0.2, 0.25) is 0 Å². The Hall–Kier alpha value is -1.47. The van der Waals surface area contributed by atoms with Gasteiger partial charge in [0.15, 0.2) is 0 Å². The third-order valence-corrected chi connectivity index (χ3v) is 4.24. The molecule has 1 aromatic heterocycles. The van der Waals surface area contributed by atoms with E-state index >= 15 is 0 Å². The van der Waals surface area contributed by atoms with Gasteiger partial charge in [0.05, 0.1) is 16.3 Å². The molecule has 1 atom stereocenters. The summed E-state index contributed by atoms with van der Waals surface area (Å²) >= 11 is 1.53. The van der Waals surface area contributed by atoms with E-state index in [2.05, 4.69) is 5.10 Å². The van der Waals surface area contributed by atoms with Gasteiger partial charge in [-0.3, -0.25) is 4.68 Å². The van der Waals surface area contributed by atoms with Crippen molar-refractivity contribution in [3.8, 4) is 0 Å². The van der Waals surface area contributed by atoms with Gasteiger partial charge in [-0.05, 0) is 30.7 Å². The minimum atomic E-state index is -4.32. The van der Waals surface area contributed by atoms with Crippen molar-refractivity contribution in [3.63, 3.8) is 0 Å². The van der Waals surface area contributed by atoms with Gasteiger partial charge in [-0.2, -0.15) is 18.3 Å². The highest BCUT2D eigenvalue weighted by atomic mass is 32.2. The lowest BCUT2D eigenvalue weighted by atomic mass is 10.1. The predicted molar refractivity (Wildman–Crippen MR) is 77.0 cm³/mol. The molecule has 0 saturated heterocycles. The van der Waals surface area contributed by atoms with Crippen LogP contribution in [0.3, 0.4) is 0 Å². The van der Waals surface area contributed by atoms with Gasteiger partial charge < -0.3 is 5.73 Å². The summed E-state index contributed by atoms with van der Waals surface area (Å²) in [5, 5.41) is 5.21. The largest absolute Gasteiger partial charge is 0.416 e. The Labute approximate surface area is 125 Å². The lowest BCUT2D eigenvalue weighted by molar-refractivity contribution is -0.137. The number of nitrogens with zero attached hydrogens (tertiary/aromatic N) is 2. The van der Waals surface area contributed by atoms with Crippen LogP contribution in [0.1, 0.15) is 22.9 Å². The van der Waals surface area contributed by atoms with Crippen molar-refractivity contribution in [2.75, 3.05) is 5.75 Å². The van der Waals surface area contributed by atoms with Crippen LogP contribution in [0, 0.1) is 6.92 Å². The van der Waals surface area contributed by atoms with Crippen molar-refractivity contribution >= 4 is 11.8 Å². The number of nitrogens with two attached hydrogens (primary N) is 1. The van der Waals surface area contributed by atoms with Crippen LogP contribution in [0.4, 0.5) is 13.2 Å². The van der Waals surface area contributed by atoms with Crippen LogP contribution in [0.15, 0.2) is 35.4 Å². The molecule has 1 heterocycles. The van der Waals surface area contributed by atoms with Crippen molar-refractivity contribution in [3.05, 3.63) is 47.2 Å². The summed E-state index contributed by atoms with van der Waals surface area (Å²) in [4.78, 5) is 0.